The van der Waals surface area contributed by atoms with Crippen LogP contribution in [0.5, 0.6) is 0 Å². The molecule has 23 heavy (non-hydrogen) atoms. The van der Waals surface area contributed by atoms with Gasteiger partial charge in [-0.2, -0.15) is 0 Å². The van der Waals surface area contributed by atoms with Gasteiger partial charge >= 0.3 is 1.43 Å². The minimum Gasteiger partial charge on any atom is -1.00 e. The highest BCUT2D eigenvalue weighted by Crippen LogP contribution is 2.25. The van der Waals surface area contributed by atoms with Crippen LogP contribution in [0.1, 0.15) is 59.0 Å². The number of rotatable bonds is 9. The lowest BCUT2D eigenvalue weighted by molar-refractivity contribution is -0.120. The van der Waals surface area contributed by atoms with E-state index in [0.717, 1.165) is 44.5 Å². The third-order valence-corrected chi connectivity index (χ3v) is 4.06. The van der Waals surface area contributed by atoms with Crippen LogP contribution in [0, 0.1) is 13.8 Å². The number of unbranched alkanes of at least 4 members (excludes halogenated alkanes) is 2. The van der Waals surface area contributed by atoms with Crippen molar-refractivity contribution in [3.05, 3.63) is 29.3 Å². The van der Waals surface area contributed by atoms with Gasteiger partial charge in [0.05, 0.1) is 6.04 Å². The van der Waals surface area contributed by atoms with Crippen molar-refractivity contribution in [1.29, 1.82) is 0 Å². The van der Waals surface area contributed by atoms with Gasteiger partial charge in [-0.1, -0.05) is 44.9 Å². The van der Waals surface area contributed by atoms with E-state index >= 15 is 0 Å². The van der Waals surface area contributed by atoms with Crippen molar-refractivity contribution in [1.82, 2.24) is 5.32 Å². The summed E-state index contributed by atoms with van der Waals surface area (Å²) < 4.78 is 0. The molecular weight excluding hydrogens is 308 g/mol. The molecule has 1 amide bonds. The first-order valence-corrected chi connectivity index (χ1v) is 8.63. The van der Waals surface area contributed by atoms with E-state index < -0.39 is 0 Å². The number of para-hydroxylation sites is 1. The number of anilines is 1. The first kappa shape index (κ1) is 21.9. The third kappa shape index (κ3) is 6.52. The van der Waals surface area contributed by atoms with Crippen LogP contribution < -0.4 is 22.6 Å². The van der Waals surface area contributed by atoms with Crippen LogP contribution in [0.3, 0.4) is 0 Å². The molecule has 0 aliphatic carbocycles. The van der Waals surface area contributed by atoms with Gasteiger partial charge in [0.2, 0.25) is 5.91 Å². The Morgan fingerprint density at radius 3 is 2.26 bits per heavy atom. The second kappa shape index (κ2) is 11.5. The number of hydrogen-bond donors (Lipinski definition) is 1. The molecule has 1 unspecified atom stereocenters. The number of amides is 1. The highest BCUT2D eigenvalue weighted by atomic mass is 35.5. The van der Waals surface area contributed by atoms with Gasteiger partial charge in [0.15, 0.2) is 0 Å². The molecule has 1 rings (SSSR count). The fourth-order valence-corrected chi connectivity index (χ4v) is 2.70. The third-order valence-electron chi connectivity index (χ3n) is 4.06. The molecule has 132 valence electrons. The Morgan fingerprint density at radius 2 is 1.74 bits per heavy atom. The van der Waals surface area contributed by atoms with E-state index in [4.69, 9.17) is 0 Å². The average Bonchev–Trinajstić information content (AvgIpc) is 2.49. The molecule has 0 heterocycles. The van der Waals surface area contributed by atoms with Crippen LogP contribution in [0.4, 0.5) is 5.69 Å². The highest BCUT2D eigenvalue weighted by Gasteiger charge is 2.23. The van der Waals surface area contributed by atoms with Crippen LogP contribution in [-0.2, 0) is 4.79 Å². The lowest BCUT2D eigenvalue weighted by Crippen LogP contribution is -3.00. The molecule has 1 aromatic rings. The monoisotopic (exact) mass is 340 g/mol. The van der Waals surface area contributed by atoms with Crippen LogP contribution in [-0.4, -0.2) is 25.0 Å². The number of halogens is 1. The summed E-state index contributed by atoms with van der Waals surface area (Å²) in [5.74, 6) is 0.182. The number of hydrogen-bond acceptors (Lipinski definition) is 2. The maximum absolute atomic E-state index is 12.9. The zero-order valence-electron chi connectivity index (χ0n) is 16.3. The zero-order chi connectivity index (χ0) is 16.5. The molecular formula is C19H33ClN2O. The van der Waals surface area contributed by atoms with E-state index in [1.54, 1.807) is 0 Å². The summed E-state index contributed by atoms with van der Waals surface area (Å²) in [7, 11) is 0. The van der Waals surface area contributed by atoms with E-state index in [0.29, 0.717) is 0 Å². The van der Waals surface area contributed by atoms with Crippen LogP contribution in [0.15, 0.2) is 18.2 Å². The van der Waals surface area contributed by atoms with Gasteiger partial charge in [-0.15, -0.1) is 0 Å². The Kier molecular flexibility index (Phi) is 10.9. The molecule has 0 bridgehead atoms. The molecule has 3 nitrogen and oxygen atoms in total. The minimum absolute atomic E-state index is 0. The predicted molar refractivity (Wildman–Crippen MR) is 96.7 cm³/mol. The quantitative estimate of drug-likeness (QED) is 0.688. The normalized spacial score (nSPS) is 11.7. The van der Waals surface area contributed by atoms with E-state index in [9.17, 15) is 4.79 Å². The molecule has 0 spiro atoms. The summed E-state index contributed by atoms with van der Waals surface area (Å²) >= 11 is 0. The minimum atomic E-state index is -0.137. The first-order chi connectivity index (χ1) is 10.5. The standard InChI is InChI=1S/C19H32N2O.ClH/c1-6-8-13-20-17(5)19(22)21(14-9-7-2)18-15(3)11-10-12-16(18)4;/h10-12,17,20H,6-9,13-14H2,1-5H3;1H. The van der Waals surface area contributed by atoms with E-state index in [1.807, 2.05) is 11.8 Å². The van der Waals surface area contributed by atoms with Crippen molar-refractivity contribution >= 4 is 11.6 Å². The topological polar surface area (TPSA) is 32.3 Å². The Balaban J connectivity index is 0. The zero-order valence-corrected chi connectivity index (χ0v) is 16.0. The number of carbonyl (C=O) groups excluding carboxylic acids is 1. The van der Waals surface area contributed by atoms with E-state index in [-0.39, 0.29) is 25.8 Å². The van der Waals surface area contributed by atoms with Gasteiger partial charge in [0.1, 0.15) is 0 Å². The smallest absolute Gasteiger partial charge is 1.00 e. The van der Waals surface area contributed by atoms with Gasteiger partial charge in [-0.25, -0.2) is 0 Å². The van der Waals surface area contributed by atoms with Crippen molar-refractivity contribution in [2.75, 3.05) is 18.0 Å². The summed E-state index contributed by atoms with van der Waals surface area (Å²) in [5.41, 5.74) is 3.43. The van der Waals surface area contributed by atoms with Gasteiger partial charge in [0, 0.05) is 12.2 Å². The highest BCUT2D eigenvalue weighted by molar-refractivity contribution is 5.98. The number of nitrogens with zero attached hydrogens (tertiary/aromatic N) is 1. The van der Waals surface area contributed by atoms with Crippen LogP contribution in [0.2, 0.25) is 0 Å². The van der Waals surface area contributed by atoms with E-state index in [1.165, 1.54) is 11.1 Å². The number of nitrogens with one attached hydrogen (secondary N) is 1. The molecule has 0 aliphatic heterocycles. The van der Waals surface area contributed by atoms with Gasteiger partial charge in [-0.3, -0.25) is 4.79 Å². The summed E-state index contributed by atoms with van der Waals surface area (Å²) in [5, 5.41) is 3.36. The van der Waals surface area contributed by atoms with Gasteiger partial charge < -0.3 is 22.6 Å². The molecule has 4 heteroatoms. The Labute approximate surface area is 149 Å². The molecule has 1 aromatic carbocycles. The maximum Gasteiger partial charge on any atom is 1.00 e. The summed E-state index contributed by atoms with van der Waals surface area (Å²) in [6, 6.07) is 6.09. The molecule has 1 N–H and O–H groups in total. The Morgan fingerprint density at radius 1 is 1.17 bits per heavy atom. The predicted octanol–water partition coefficient (Wildman–Crippen LogP) is 1.33. The van der Waals surface area contributed by atoms with Crippen LogP contribution >= 0.6 is 0 Å². The van der Waals surface area contributed by atoms with Crippen molar-refractivity contribution in [2.24, 2.45) is 0 Å². The fourth-order valence-electron chi connectivity index (χ4n) is 2.70. The molecule has 0 aromatic heterocycles. The van der Waals surface area contributed by atoms with Crippen molar-refractivity contribution < 1.29 is 18.6 Å². The number of carbonyl (C=O) groups is 1. The second-order valence-electron chi connectivity index (χ2n) is 6.11. The SMILES string of the molecule is CCCCNC(C)C(=O)N(CCCC)c1c(C)cccc1C.[Cl-].[H+]. The number of aryl methyl sites for hydroxylation is 2. The molecule has 0 radical (unpaired) electrons. The molecule has 0 fully saturated rings. The Hall–Kier alpha value is -1.06. The van der Waals surface area contributed by atoms with Gasteiger partial charge in [-0.05, 0) is 51.3 Å². The van der Waals surface area contributed by atoms with Crippen molar-refractivity contribution in [3.63, 3.8) is 0 Å². The summed E-state index contributed by atoms with van der Waals surface area (Å²) in [6.07, 6.45) is 4.37. The first-order valence-electron chi connectivity index (χ1n) is 8.63. The summed E-state index contributed by atoms with van der Waals surface area (Å²) in [4.78, 5) is 14.9. The molecule has 0 saturated carbocycles. The van der Waals surface area contributed by atoms with Crippen LogP contribution in [0.25, 0.3) is 0 Å². The van der Waals surface area contributed by atoms with Gasteiger partial charge in [0.25, 0.3) is 0 Å². The lowest BCUT2D eigenvalue weighted by atomic mass is 10.1. The average molecular weight is 341 g/mol. The lowest BCUT2D eigenvalue weighted by Gasteiger charge is -2.29. The van der Waals surface area contributed by atoms with E-state index in [2.05, 4.69) is 51.2 Å². The van der Waals surface area contributed by atoms with Crippen molar-refractivity contribution in [2.45, 2.75) is 66.3 Å². The Bertz CT molecular complexity index is 462. The molecule has 1 atom stereocenters. The maximum atomic E-state index is 12.9. The second-order valence-corrected chi connectivity index (χ2v) is 6.11. The summed E-state index contributed by atoms with van der Waals surface area (Å²) in [6.45, 7) is 12.2. The molecule has 0 saturated heterocycles. The number of benzene rings is 1. The fraction of sp³-hybridized carbons (Fsp3) is 0.632. The van der Waals surface area contributed by atoms with Crippen molar-refractivity contribution in [3.8, 4) is 0 Å². The largest absolute Gasteiger partial charge is 1.00 e. The molecule has 0 aliphatic rings.